The van der Waals surface area contributed by atoms with Crippen LogP contribution in [-0.2, 0) is 0 Å². The number of aromatic nitrogens is 5. The molecule has 0 aliphatic carbocycles. The Bertz CT molecular complexity index is 4580. The normalized spacial score (nSPS) is 12.0. The van der Waals surface area contributed by atoms with Gasteiger partial charge in [-0.15, -0.1) is 11.3 Å². The highest BCUT2D eigenvalue weighted by molar-refractivity contribution is 7.25. The quantitative estimate of drug-likeness (QED) is 0.167. The van der Waals surface area contributed by atoms with Crippen molar-refractivity contribution in [1.29, 1.82) is 0 Å². The van der Waals surface area contributed by atoms with Crippen molar-refractivity contribution in [3.8, 4) is 56.7 Å². The van der Waals surface area contributed by atoms with Crippen LogP contribution in [0.25, 0.3) is 142 Å². The monoisotopic (exact) mass is 925 g/mol. The second-order valence-electron chi connectivity index (χ2n) is 18.4. The summed E-state index contributed by atoms with van der Waals surface area (Å²) in [5, 5.41) is 9.27. The number of aryl methyl sites for hydroxylation is 1. The van der Waals surface area contributed by atoms with Gasteiger partial charge in [0.1, 0.15) is 5.58 Å². The third-order valence-electron chi connectivity index (χ3n) is 14.3. The van der Waals surface area contributed by atoms with E-state index in [9.17, 15) is 0 Å². The summed E-state index contributed by atoms with van der Waals surface area (Å²) in [6, 6.07) is 77.8. The van der Waals surface area contributed by atoms with Gasteiger partial charge in [0.25, 0.3) is 0 Å². The number of furan rings is 1. The Morgan fingerprint density at radius 3 is 1.69 bits per heavy atom. The molecule has 0 saturated carbocycles. The topological polar surface area (TPSA) is 61.7 Å². The Kier molecular flexibility index (Phi) is 8.64. The molecular weight excluding hydrogens is 887 g/mol. The maximum atomic E-state index is 7.15. The Balaban J connectivity index is 1.04. The maximum absolute atomic E-state index is 7.15. The molecule has 0 bridgehead atoms. The zero-order chi connectivity index (χ0) is 46.7. The van der Waals surface area contributed by atoms with Crippen LogP contribution in [0.3, 0.4) is 0 Å². The number of hydrogen-bond donors (Lipinski definition) is 0. The molecule has 0 radical (unpaired) electrons. The third-order valence-corrected chi connectivity index (χ3v) is 15.4. The van der Waals surface area contributed by atoms with Gasteiger partial charge in [0.05, 0.1) is 27.8 Å². The lowest BCUT2D eigenvalue weighted by molar-refractivity contribution is 0.666. The van der Waals surface area contributed by atoms with E-state index in [1.165, 1.54) is 42.1 Å². The Morgan fingerprint density at radius 2 is 0.930 bits per heavy atom. The lowest BCUT2D eigenvalue weighted by Gasteiger charge is -2.15. The van der Waals surface area contributed by atoms with Gasteiger partial charge in [0.2, 0.25) is 0 Å². The van der Waals surface area contributed by atoms with Crippen molar-refractivity contribution < 1.29 is 4.42 Å². The molecule has 7 heteroatoms. The summed E-state index contributed by atoms with van der Waals surface area (Å²) in [7, 11) is 0. The fourth-order valence-corrected chi connectivity index (χ4v) is 12.2. The van der Waals surface area contributed by atoms with Crippen LogP contribution < -0.4 is 0 Å². The number of thiophene rings is 1. The van der Waals surface area contributed by atoms with Crippen LogP contribution in [0, 0.1) is 6.92 Å². The fourth-order valence-electron chi connectivity index (χ4n) is 11.1. The van der Waals surface area contributed by atoms with Gasteiger partial charge in [-0.05, 0) is 96.4 Å². The predicted octanol–water partition coefficient (Wildman–Crippen LogP) is 17.3. The molecule has 15 rings (SSSR count). The molecule has 6 nitrogen and oxygen atoms in total. The van der Waals surface area contributed by atoms with Crippen molar-refractivity contribution in [3.63, 3.8) is 0 Å². The van der Waals surface area contributed by atoms with Crippen molar-refractivity contribution in [3.05, 3.63) is 224 Å². The van der Waals surface area contributed by atoms with Gasteiger partial charge in [-0.2, -0.15) is 0 Å². The number of benzene rings is 10. The van der Waals surface area contributed by atoms with E-state index in [1.807, 2.05) is 53.8 Å². The summed E-state index contributed by atoms with van der Waals surface area (Å²) in [5.74, 6) is 1.82. The van der Waals surface area contributed by atoms with E-state index in [0.717, 1.165) is 88.4 Å². The first-order valence-electron chi connectivity index (χ1n) is 23.9. The first-order valence-corrected chi connectivity index (χ1v) is 24.7. The van der Waals surface area contributed by atoms with Crippen LogP contribution in [0.2, 0.25) is 0 Å². The zero-order valence-corrected chi connectivity index (χ0v) is 39.2. The van der Waals surface area contributed by atoms with Gasteiger partial charge >= 0.3 is 0 Å². The van der Waals surface area contributed by atoms with Gasteiger partial charge in [-0.25, -0.2) is 15.0 Å². The van der Waals surface area contributed by atoms with E-state index in [2.05, 4.69) is 192 Å². The minimum absolute atomic E-state index is 0.592. The molecule has 15 aromatic rings. The molecule has 0 amide bonds. The smallest absolute Gasteiger partial charge is 0.165 e. The van der Waals surface area contributed by atoms with Crippen molar-refractivity contribution in [2.45, 2.75) is 6.92 Å². The van der Waals surface area contributed by atoms with Crippen LogP contribution in [0.1, 0.15) is 5.56 Å². The summed E-state index contributed by atoms with van der Waals surface area (Å²) in [4.78, 5) is 15.6. The Labute approximate surface area is 411 Å². The SMILES string of the molecule is Cc1cc(-n2c3ccc(-c4ccc5sc6ccccc6c5c4)cc3c3cc4c5ccccc5n(-c5ccccc5)c4cc32)c2oc3ccccc3c2c1-c1nc(-c2ccccc2)nc(-c2ccccc2)n1. The first-order chi connectivity index (χ1) is 35.1. The average molecular weight is 926 g/mol. The zero-order valence-electron chi connectivity index (χ0n) is 38.3. The van der Waals surface area contributed by atoms with Crippen LogP contribution >= 0.6 is 11.3 Å². The molecule has 0 spiro atoms. The lowest BCUT2D eigenvalue weighted by atomic mass is 9.98. The number of fused-ring (bicyclic) bond motifs is 12. The fraction of sp³-hybridized carbons (Fsp3) is 0.0156. The van der Waals surface area contributed by atoms with Crippen molar-refractivity contribution in [2.75, 3.05) is 0 Å². The molecule has 10 aromatic carbocycles. The molecular formula is C64H39N5OS. The van der Waals surface area contributed by atoms with Gasteiger partial charge in [-0.3, -0.25) is 0 Å². The van der Waals surface area contributed by atoms with E-state index in [4.69, 9.17) is 19.4 Å². The summed E-state index contributed by atoms with van der Waals surface area (Å²) in [6.45, 7) is 2.18. The van der Waals surface area contributed by atoms with E-state index in [-0.39, 0.29) is 0 Å². The van der Waals surface area contributed by atoms with Crippen LogP contribution in [0.15, 0.2) is 223 Å². The van der Waals surface area contributed by atoms with Gasteiger partial charge in [0.15, 0.2) is 23.1 Å². The van der Waals surface area contributed by atoms with Crippen LogP contribution in [0.4, 0.5) is 0 Å². The summed E-state index contributed by atoms with van der Waals surface area (Å²) >= 11 is 1.85. The Hall–Kier alpha value is -9.17. The van der Waals surface area contributed by atoms with Crippen molar-refractivity contribution >= 4 is 97.1 Å². The second kappa shape index (κ2) is 15.4. The molecule has 0 saturated heterocycles. The van der Waals surface area contributed by atoms with Crippen molar-refractivity contribution in [2.24, 2.45) is 0 Å². The predicted molar refractivity (Wildman–Crippen MR) is 295 cm³/mol. The van der Waals surface area contributed by atoms with E-state index in [0.29, 0.717) is 17.5 Å². The molecule has 0 unspecified atom stereocenters. The summed E-state index contributed by atoms with van der Waals surface area (Å²) < 4.78 is 14.6. The molecule has 332 valence electrons. The lowest BCUT2D eigenvalue weighted by Crippen LogP contribution is -2.03. The van der Waals surface area contributed by atoms with Crippen LogP contribution in [-0.4, -0.2) is 24.1 Å². The number of rotatable bonds is 6. The number of nitrogens with zero attached hydrogens (tertiary/aromatic N) is 5. The molecule has 0 aliphatic rings. The molecule has 0 aliphatic heterocycles. The van der Waals surface area contributed by atoms with E-state index in [1.54, 1.807) is 0 Å². The maximum Gasteiger partial charge on any atom is 0.165 e. The van der Waals surface area contributed by atoms with E-state index >= 15 is 0 Å². The minimum Gasteiger partial charge on any atom is -0.454 e. The molecule has 71 heavy (non-hydrogen) atoms. The highest BCUT2D eigenvalue weighted by atomic mass is 32.1. The molecule has 0 N–H and O–H groups in total. The molecule has 5 heterocycles. The summed E-state index contributed by atoms with van der Waals surface area (Å²) in [5.41, 5.74) is 14.2. The molecule has 0 atom stereocenters. The van der Waals surface area contributed by atoms with Gasteiger partial charge < -0.3 is 13.6 Å². The molecule has 0 fully saturated rings. The van der Waals surface area contributed by atoms with Gasteiger partial charge in [-0.1, -0.05) is 146 Å². The van der Waals surface area contributed by atoms with Crippen LogP contribution in [0.5, 0.6) is 0 Å². The average Bonchev–Trinajstić information content (AvgIpc) is 4.18. The minimum atomic E-state index is 0.592. The highest BCUT2D eigenvalue weighted by Gasteiger charge is 2.26. The standard InChI is InChI=1S/C64H39N5OS/c1-38-33-55(61-60(46-25-12-15-27-56(46)70-61)59(38)64-66-62(39-17-5-2-6-18-39)65-63(67-64)40-19-7-3-8-20-40)69-52-31-29-41(42-30-32-58-50(35-42)45-24-13-16-28-57(45)71-58)34-47(52)49-36-48-44-23-11-14-26-51(44)68(53(48)37-54(49)69)43-21-9-4-10-22-43/h2-37H,1H3. The molecule has 5 aromatic heterocycles. The van der Waals surface area contributed by atoms with E-state index < -0.39 is 0 Å². The number of para-hydroxylation sites is 3. The Morgan fingerprint density at radius 1 is 0.380 bits per heavy atom. The summed E-state index contributed by atoms with van der Waals surface area (Å²) in [6.07, 6.45) is 0. The second-order valence-corrected chi connectivity index (χ2v) is 19.5. The number of hydrogen-bond acceptors (Lipinski definition) is 5. The first kappa shape index (κ1) is 39.8. The third kappa shape index (κ3) is 6.10. The van der Waals surface area contributed by atoms with Gasteiger partial charge in [0, 0.05) is 74.9 Å². The largest absolute Gasteiger partial charge is 0.454 e. The highest BCUT2D eigenvalue weighted by Crippen LogP contribution is 2.46. The van der Waals surface area contributed by atoms with Crippen molar-refractivity contribution in [1.82, 2.24) is 24.1 Å².